The summed E-state index contributed by atoms with van der Waals surface area (Å²) in [6.07, 6.45) is 7.49. The van der Waals surface area contributed by atoms with Crippen molar-refractivity contribution in [2.24, 2.45) is 0 Å². The van der Waals surface area contributed by atoms with Crippen LogP contribution in [0, 0.1) is 6.92 Å². The smallest absolute Gasteiger partial charge is 0.128 e. The first-order valence-corrected chi connectivity index (χ1v) is 8.93. The van der Waals surface area contributed by atoms with Crippen molar-refractivity contribution in [3.8, 4) is 0 Å². The summed E-state index contributed by atoms with van der Waals surface area (Å²) in [5.41, 5.74) is 1.30. The van der Waals surface area contributed by atoms with E-state index in [4.69, 9.17) is 0 Å². The molecule has 0 bridgehead atoms. The molecule has 0 amide bonds. The van der Waals surface area contributed by atoms with Crippen molar-refractivity contribution in [2.75, 3.05) is 57.3 Å². The van der Waals surface area contributed by atoms with E-state index in [1.165, 1.54) is 70.5 Å². The predicted molar refractivity (Wildman–Crippen MR) is 92.5 cm³/mol. The van der Waals surface area contributed by atoms with Crippen molar-refractivity contribution in [1.82, 2.24) is 14.8 Å². The van der Waals surface area contributed by atoms with E-state index in [1.807, 2.05) is 6.20 Å². The number of nitrogens with zero attached hydrogens (tertiary/aromatic N) is 4. The van der Waals surface area contributed by atoms with Gasteiger partial charge >= 0.3 is 0 Å². The van der Waals surface area contributed by atoms with Gasteiger partial charge in [0, 0.05) is 32.4 Å². The molecule has 2 aliphatic heterocycles. The minimum absolute atomic E-state index is 1.11. The van der Waals surface area contributed by atoms with Crippen molar-refractivity contribution >= 4 is 5.82 Å². The number of piperazine rings is 1. The molecular formula is C18H30N4. The zero-order valence-corrected chi connectivity index (χ0v) is 14.0. The summed E-state index contributed by atoms with van der Waals surface area (Å²) in [7, 11) is 0. The van der Waals surface area contributed by atoms with Gasteiger partial charge in [-0.15, -0.1) is 0 Å². The maximum atomic E-state index is 4.51. The minimum Gasteiger partial charge on any atom is -0.354 e. The summed E-state index contributed by atoms with van der Waals surface area (Å²) in [4.78, 5) is 12.2. The van der Waals surface area contributed by atoms with E-state index in [2.05, 4.69) is 38.7 Å². The van der Waals surface area contributed by atoms with Gasteiger partial charge in [-0.25, -0.2) is 4.98 Å². The van der Waals surface area contributed by atoms with Gasteiger partial charge in [-0.2, -0.15) is 0 Å². The molecule has 4 nitrogen and oxygen atoms in total. The van der Waals surface area contributed by atoms with Crippen LogP contribution in [0.25, 0.3) is 0 Å². The second-order valence-electron chi connectivity index (χ2n) is 6.78. The van der Waals surface area contributed by atoms with Crippen LogP contribution in [0.5, 0.6) is 0 Å². The van der Waals surface area contributed by atoms with Crippen molar-refractivity contribution in [3.63, 3.8) is 0 Å². The van der Waals surface area contributed by atoms with Crippen LogP contribution in [0.15, 0.2) is 18.3 Å². The first kappa shape index (κ1) is 15.8. The van der Waals surface area contributed by atoms with Crippen molar-refractivity contribution in [1.29, 1.82) is 0 Å². The predicted octanol–water partition coefficient (Wildman–Crippen LogP) is 2.39. The van der Waals surface area contributed by atoms with Gasteiger partial charge in [0.2, 0.25) is 0 Å². The van der Waals surface area contributed by atoms with E-state index in [9.17, 15) is 0 Å². The third kappa shape index (κ3) is 4.43. The number of likely N-dealkylation sites (tertiary alicyclic amines) is 1. The Labute approximate surface area is 135 Å². The maximum absolute atomic E-state index is 4.51. The molecule has 0 aliphatic carbocycles. The van der Waals surface area contributed by atoms with Crippen LogP contribution in [-0.4, -0.2) is 67.1 Å². The van der Waals surface area contributed by atoms with E-state index in [0.29, 0.717) is 0 Å². The van der Waals surface area contributed by atoms with Crippen molar-refractivity contribution in [2.45, 2.75) is 32.6 Å². The Kier molecular flexibility index (Phi) is 5.68. The molecule has 122 valence electrons. The summed E-state index contributed by atoms with van der Waals surface area (Å²) >= 11 is 0. The van der Waals surface area contributed by atoms with E-state index in [1.54, 1.807) is 0 Å². The SMILES string of the molecule is Cc1ccnc(N2CCN(CCCN3CCCCC3)CC2)c1. The molecule has 0 radical (unpaired) electrons. The summed E-state index contributed by atoms with van der Waals surface area (Å²) in [6, 6.07) is 4.27. The summed E-state index contributed by atoms with van der Waals surface area (Å²) in [6.45, 7) is 11.9. The lowest BCUT2D eigenvalue weighted by atomic mass is 10.1. The second kappa shape index (κ2) is 7.93. The first-order valence-electron chi connectivity index (χ1n) is 8.93. The molecule has 4 heteroatoms. The van der Waals surface area contributed by atoms with Gasteiger partial charge in [-0.1, -0.05) is 6.42 Å². The third-order valence-corrected chi connectivity index (χ3v) is 4.99. The van der Waals surface area contributed by atoms with E-state index >= 15 is 0 Å². The highest BCUT2D eigenvalue weighted by atomic mass is 15.3. The lowest BCUT2D eigenvalue weighted by Gasteiger charge is -2.36. The molecule has 0 N–H and O–H groups in total. The minimum atomic E-state index is 1.11. The molecule has 0 saturated carbocycles. The van der Waals surface area contributed by atoms with Gasteiger partial charge in [-0.3, -0.25) is 4.90 Å². The number of aryl methyl sites for hydroxylation is 1. The third-order valence-electron chi connectivity index (χ3n) is 4.99. The normalized spacial score (nSPS) is 21.2. The maximum Gasteiger partial charge on any atom is 0.128 e. The molecule has 2 fully saturated rings. The van der Waals surface area contributed by atoms with Crippen molar-refractivity contribution < 1.29 is 0 Å². The number of aromatic nitrogens is 1. The Morgan fingerprint density at radius 1 is 0.909 bits per heavy atom. The van der Waals surface area contributed by atoms with Crippen LogP contribution in [0.4, 0.5) is 5.82 Å². The van der Waals surface area contributed by atoms with Crippen LogP contribution >= 0.6 is 0 Å². The average Bonchev–Trinajstić information content (AvgIpc) is 2.56. The highest BCUT2D eigenvalue weighted by Crippen LogP contribution is 2.15. The number of piperidine rings is 1. The molecular weight excluding hydrogens is 272 g/mol. The van der Waals surface area contributed by atoms with E-state index in [0.717, 1.165) is 18.9 Å². The molecule has 0 atom stereocenters. The molecule has 3 heterocycles. The van der Waals surface area contributed by atoms with Crippen LogP contribution < -0.4 is 4.90 Å². The van der Waals surface area contributed by atoms with Crippen LogP contribution in [0.3, 0.4) is 0 Å². The largest absolute Gasteiger partial charge is 0.354 e. The molecule has 2 saturated heterocycles. The standard InChI is InChI=1S/C18H30N4/c1-17-6-7-19-18(16-17)22-14-12-21(13-15-22)11-5-10-20-8-3-2-4-9-20/h6-7,16H,2-5,8-15H2,1H3. The molecule has 1 aromatic rings. The van der Waals surface area contributed by atoms with Gasteiger partial charge in [-0.05, 0) is 70.1 Å². The van der Waals surface area contributed by atoms with Crippen molar-refractivity contribution in [3.05, 3.63) is 23.9 Å². The highest BCUT2D eigenvalue weighted by molar-refractivity contribution is 5.41. The van der Waals surface area contributed by atoms with Gasteiger partial charge in [0.25, 0.3) is 0 Å². The molecule has 1 aromatic heterocycles. The molecule has 3 rings (SSSR count). The van der Waals surface area contributed by atoms with Gasteiger partial charge in [0.15, 0.2) is 0 Å². The fraction of sp³-hybridized carbons (Fsp3) is 0.722. The number of pyridine rings is 1. The number of hydrogen-bond donors (Lipinski definition) is 0. The van der Waals surface area contributed by atoms with Crippen LogP contribution in [0.2, 0.25) is 0 Å². The lowest BCUT2D eigenvalue weighted by molar-refractivity contribution is 0.198. The topological polar surface area (TPSA) is 22.6 Å². The fourth-order valence-electron chi connectivity index (χ4n) is 3.59. The number of hydrogen-bond acceptors (Lipinski definition) is 4. The van der Waals surface area contributed by atoms with E-state index in [-0.39, 0.29) is 0 Å². The van der Waals surface area contributed by atoms with Gasteiger partial charge < -0.3 is 9.80 Å². The zero-order chi connectivity index (χ0) is 15.2. The second-order valence-corrected chi connectivity index (χ2v) is 6.78. The molecule has 0 unspecified atom stereocenters. The van der Waals surface area contributed by atoms with E-state index < -0.39 is 0 Å². The first-order chi connectivity index (χ1) is 10.8. The number of anilines is 1. The Hall–Kier alpha value is -1.13. The zero-order valence-electron chi connectivity index (χ0n) is 14.0. The lowest BCUT2D eigenvalue weighted by Crippen LogP contribution is -2.47. The van der Waals surface area contributed by atoms with Crippen LogP contribution in [0.1, 0.15) is 31.2 Å². The monoisotopic (exact) mass is 302 g/mol. The van der Waals surface area contributed by atoms with Crippen LogP contribution in [-0.2, 0) is 0 Å². The molecule has 0 aromatic carbocycles. The Morgan fingerprint density at radius 3 is 2.27 bits per heavy atom. The fourth-order valence-corrected chi connectivity index (χ4v) is 3.59. The summed E-state index contributed by atoms with van der Waals surface area (Å²) in [5.74, 6) is 1.15. The quantitative estimate of drug-likeness (QED) is 0.833. The van der Waals surface area contributed by atoms with Gasteiger partial charge in [0.1, 0.15) is 5.82 Å². The Morgan fingerprint density at radius 2 is 1.59 bits per heavy atom. The highest BCUT2D eigenvalue weighted by Gasteiger charge is 2.18. The average molecular weight is 302 g/mol. The molecule has 2 aliphatic rings. The van der Waals surface area contributed by atoms with Gasteiger partial charge in [0.05, 0.1) is 0 Å². The Balaban J connectivity index is 1.36. The summed E-state index contributed by atoms with van der Waals surface area (Å²) in [5, 5.41) is 0. The molecule has 22 heavy (non-hydrogen) atoms. The molecule has 0 spiro atoms. The Bertz CT molecular complexity index is 448. The summed E-state index contributed by atoms with van der Waals surface area (Å²) < 4.78 is 0. The number of rotatable bonds is 5.